The van der Waals surface area contributed by atoms with Crippen LogP contribution in [-0.4, -0.2) is 60.1 Å². The zero-order valence-corrected chi connectivity index (χ0v) is 34.9. The van der Waals surface area contributed by atoms with Gasteiger partial charge in [-0.1, -0.05) is 68.5 Å². The molecule has 9 heteroatoms. The van der Waals surface area contributed by atoms with Crippen LogP contribution in [0, 0.1) is 41.4 Å². The number of rotatable bonds is 14. The fourth-order valence-electron chi connectivity index (χ4n) is 9.73. The van der Waals surface area contributed by atoms with Crippen molar-refractivity contribution < 1.29 is 24.5 Å². The molecule has 8 unspecified atom stereocenters. The minimum Gasteiger partial charge on any atom is -0.504 e. The molecule has 1 saturated carbocycles. The number of benzene rings is 2. The molecular formula is C49H64N4O5. The summed E-state index contributed by atoms with van der Waals surface area (Å²) in [5, 5.41) is 29.6. The van der Waals surface area contributed by atoms with Gasteiger partial charge in [0, 0.05) is 43.1 Å². The number of H-pyrrole nitrogens is 1. The number of ketones is 2. The Morgan fingerprint density at radius 1 is 1.05 bits per heavy atom. The Morgan fingerprint density at radius 3 is 2.60 bits per heavy atom. The Labute approximate surface area is 345 Å². The van der Waals surface area contributed by atoms with Gasteiger partial charge in [0.05, 0.1) is 31.4 Å². The number of phenols is 1. The summed E-state index contributed by atoms with van der Waals surface area (Å²) in [6.45, 7) is 6.01. The maximum Gasteiger partial charge on any atom is 0.160 e. The van der Waals surface area contributed by atoms with Gasteiger partial charge in [0.25, 0.3) is 0 Å². The van der Waals surface area contributed by atoms with Crippen LogP contribution in [0.4, 0.5) is 0 Å². The summed E-state index contributed by atoms with van der Waals surface area (Å²) in [4.78, 5) is 31.8. The number of methoxy groups -OCH3 is 1. The number of nitrogens with one attached hydrogen (secondary N) is 3. The Hall–Kier alpha value is -4.78. The van der Waals surface area contributed by atoms with Gasteiger partial charge < -0.3 is 36.3 Å². The maximum atomic E-state index is 14.6. The molecule has 1 fully saturated rings. The first kappa shape index (κ1) is 42.8. The van der Waals surface area contributed by atoms with Crippen LogP contribution in [0.5, 0.6) is 11.5 Å². The molecule has 2 heterocycles. The molecular weight excluding hydrogens is 725 g/mol. The fraction of sp³-hybridized carbons (Fsp3) is 0.510. The molecule has 3 aromatic rings. The summed E-state index contributed by atoms with van der Waals surface area (Å²) in [5.74, 6) is 7.64. The van der Waals surface area contributed by atoms with Gasteiger partial charge >= 0.3 is 0 Å². The summed E-state index contributed by atoms with van der Waals surface area (Å²) >= 11 is 0. The summed E-state index contributed by atoms with van der Waals surface area (Å²) < 4.78 is 5.49. The van der Waals surface area contributed by atoms with Crippen molar-refractivity contribution in [1.82, 2.24) is 15.6 Å². The third kappa shape index (κ3) is 10.8. The molecule has 1 aliphatic heterocycles. The number of Topliss-reactive ketones (excluding diaryl/α,β-unsaturated/α-hetero) is 2. The molecule has 0 saturated heterocycles. The zero-order chi connectivity index (χ0) is 41.2. The number of hydrogen-bond acceptors (Lipinski definition) is 8. The molecule has 58 heavy (non-hydrogen) atoms. The predicted molar refractivity (Wildman–Crippen MR) is 230 cm³/mol. The lowest BCUT2D eigenvalue weighted by Crippen LogP contribution is -2.33. The van der Waals surface area contributed by atoms with E-state index >= 15 is 0 Å². The number of phenolic OH excluding ortho intramolecular Hbond substituents is 1. The summed E-state index contributed by atoms with van der Waals surface area (Å²) in [6.07, 6.45) is 12.3. The average Bonchev–Trinajstić information content (AvgIpc) is 3.60. The fourth-order valence-corrected chi connectivity index (χ4v) is 9.73. The Kier molecular flexibility index (Phi) is 15.0. The lowest BCUT2D eigenvalue weighted by molar-refractivity contribution is -0.130. The highest BCUT2D eigenvalue weighted by Crippen LogP contribution is 2.45. The number of aliphatic hydroxyl groups excluding tert-OH is 1. The highest BCUT2D eigenvalue weighted by Gasteiger charge is 2.41. The summed E-state index contributed by atoms with van der Waals surface area (Å²) in [5.41, 5.74) is 12.4. The molecule has 1 aromatic heterocycles. The minimum atomic E-state index is -0.604. The van der Waals surface area contributed by atoms with Crippen molar-refractivity contribution in [2.45, 2.75) is 102 Å². The summed E-state index contributed by atoms with van der Waals surface area (Å²) in [7, 11) is 3.49. The number of aromatic hydroxyl groups is 1. The highest BCUT2D eigenvalue weighted by atomic mass is 16.5. The highest BCUT2D eigenvalue weighted by molar-refractivity contribution is 6.00. The molecule has 8 atom stereocenters. The number of nitrogens with two attached hydrogens (primary N) is 1. The first-order chi connectivity index (χ1) is 28.1. The number of carbonyl (C=O) groups is 2. The second-order valence-electron chi connectivity index (χ2n) is 17.0. The van der Waals surface area contributed by atoms with Crippen LogP contribution in [0.25, 0.3) is 0 Å². The van der Waals surface area contributed by atoms with E-state index in [1.165, 1.54) is 18.2 Å². The Bertz CT molecular complexity index is 1990. The molecule has 7 N–H and O–H groups in total. The van der Waals surface area contributed by atoms with Gasteiger partial charge in [0.2, 0.25) is 0 Å². The van der Waals surface area contributed by atoms with Crippen molar-refractivity contribution in [3.8, 4) is 23.3 Å². The van der Waals surface area contributed by atoms with Crippen LogP contribution < -0.4 is 21.1 Å². The number of dihydropyridines is 1. The van der Waals surface area contributed by atoms with E-state index in [2.05, 4.69) is 59.6 Å². The lowest BCUT2D eigenvalue weighted by atomic mass is 9.73. The van der Waals surface area contributed by atoms with Crippen molar-refractivity contribution in [2.24, 2.45) is 35.3 Å². The van der Waals surface area contributed by atoms with Crippen molar-refractivity contribution in [3.05, 3.63) is 106 Å². The van der Waals surface area contributed by atoms with Gasteiger partial charge in [-0.2, -0.15) is 0 Å². The van der Waals surface area contributed by atoms with E-state index in [1.807, 2.05) is 49.5 Å². The molecule has 310 valence electrons. The zero-order valence-electron chi connectivity index (χ0n) is 34.9. The number of fused-ring (bicyclic) bond motifs is 2. The summed E-state index contributed by atoms with van der Waals surface area (Å²) in [6, 6.07) is 15.8. The van der Waals surface area contributed by atoms with Gasteiger partial charge in [-0.15, -0.1) is 0 Å². The Balaban J connectivity index is 1.40. The quantitative estimate of drug-likeness (QED) is 0.0730. The van der Waals surface area contributed by atoms with Crippen LogP contribution in [0.2, 0.25) is 0 Å². The third-order valence-electron chi connectivity index (χ3n) is 12.9. The molecule has 0 bridgehead atoms. The smallest absolute Gasteiger partial charge is 0.160 e. The number of ether oxygens (including phenoxy) is 1. The molecule has 0 radical (unpaired) electrons. The largest absolute Gasteiger partial charge is 0.504 e. The number of aryl methyl sites for hydroxylation is 1. The SMILES string of the molecule is CCCC(C(O)Cc1cc(C(C)CCNC)c[nH]1)C1CC(CC2=CCNC(N)=C2)CC2C#CC(c3ccccc3)c3cc(O)c(OC)cc3CCC(=O)CC(=O)C2C1. The molecule has 9 nitrogen and oxygen atoms in total. The monoisotopic (exact) mass is 788 g/mol. The van der Waals surface area contributed by atoms with Gasteiger partial charge in [-0.3, -0.25) is 9.59 Å². The second-order valence-corrected chi connectivity index (χ2v) is 17.0. The minimum absolute atomic E-state index is 0.0230. The van der Waals surface area contributed by atoms with Crippen molar-refractivity contribution in [2.75, 3.05) is 27.2 Å². The van der Waals surface area contributed by atoms with Crippen molar-refractivity contribution >= 4 is 11.6 Å². The van der Waals surface area contributed by atoms with Crippen molar-refractivity contribution in [3.63, 3.8) is 0 Å². The molecule has 6 rings (SSSR count). The van der Waals surface area contributed by atoms with E-state index in [4.69, 9.17) is 10.5 Å². The first-order valence-corrected chi connectivity index (χ1v) is 21.5. The van der Waals surface area contributed by atoms with Crippen LogP contribution >= 0.6 is 0 Å². The lowest BCUT2D eigenvalue weighted by Gasteiger charge is -2.33. The molecule has 0 spiro atoms. The van der Waals surface area contributed by atoms with Crippen LogP contribution in [-0.2, 0) is 22.4 Å². The molecule has 2 aromatic carbocycles. The number of hydrogen-bond donors (Lipinski definition) is 6. The first-order valence-electron chi connectivity index (χ1n) is 21.5. The average molecular weight is 789 g/mol. The van der Waals surface area contributed by atoms with E-state index in [-0.39, 0.29) is 53.8 Å². The number of carbonyl (C=O) groups excluding carboxylic acids is 2. The van der Waals surface area contributed by atoms with Gasteiger partial charge in [0.1, 0.15) is 11.6 Å². The topological polar surface area (TPSA) is 150 Å². The number of allylic oxidation sites excluding steroid dienone is 2. The standard InChI is InChI=1S/C49H64N4O5/c1-5-9-42(45(55)27-39-24-38(30-53-39)31(2)16-18-51-3)37-22-33(20-32-17-19-52-49(50)23-32)21-35-13-15-41(34-10-7-6-8-11-34)43-29-47(57)48(58-4)26-36(43)12-14-40(54)28-46(56)44(35)25-37/h6-8,10-11,17,23-24,26,29-31,33,35,37,41-42,44-45,51-53,55,57H,5,9,12,14,16,18-22,25,27-28,50H2,1-4H3. The number of aromatic amines is 1. The van der Waals surface area contributed by atoms with E-state index < -0.39 is 17.9 Å². The molecule has 3 aliphatic rings. The van der Waals surface area contributed by atoms with Crippen LogP contribution in [0.1, 0.15) is 111 Å². The van der Waals surface area contributed by atoms with E-state index in [9.17, 15) is 19.8 Å². The van der Waals surface area contributed by atoms with E-state index in [0.717, 1.165) is 61.0 Å². The Morgan fingerprint density at radius 2 is 1.86 bits per heavy atom. The predicted octanol–water partition coefficient (Wildman–Crippen LogP) is 7.44. The van der Waals surface area contributed by atoms with Gasteiger partial charge in [-0.25, -0.2) is 0 Å². The van der Waals surface area contributed by atoms with Crippen LogP contribution in [0.3, 0.4) is 0 Å². The third-order valence-corrected chi connectivity index (χ3v) is 12.9. The normalized spacial score (nSPS) is 24.1. The van der Waals surface area contributed by atoms with Crippen molar-refractivity contribution in [1.29, 1.82) is 0 Å². The maximum absolute atomic E-state index is 14.6. The number of aliphatic hydroxyl groups is 1. The van der Waals surface area contributed by atoms with E-state index in [1.54, 1.807) is 6.07 Å². The second kappa shape index (κ2) is 20.3. The molecule has 2 aliphatic carbocycles. The molecule has 0 amide bonds. The van der Waals surface area contributed by atoms with E-state index in [0.29, 0.717) is 49.7 Å². The van der Waals surface area contributed by atoms with Crippen LogP contribution in [0.15, 0.2) is 78.3 Å². The number of aromatic nitrogens is 1. The van der Waals surface area contributed by atoms with Gasteiger partial charge in [0.15, 0.2) is 11.5 Å². The van der Waals surface area contributed by atoms with Gasteiger partial charge in [-0.05, 0) is 134 Å².